The lowest BCUT2D eigenvalue weighted by Gasteiger charge is -2.51. The lowest BCUT2D eigenvalue weighted by molar-refractivity contribution is -0.265. The Morgan fingerprint density at radius 2 is 2.17 bits per heavy atom. The third-order valence-electron chi connectivity index (χ3n) is 5.20. The van der Waals surface area contributed by atoms with Crippen molar-refractivity contribution in [2.45, 2.75) is 25.0 Å². The molecule has 1 saturated heterocycles. The van der Waals surface area contributed by atoms with Gasteiger partial charge in [0.05, 0.1) is 5.57 Å². The van der Waals surface area contributed by atoms with Crippen LogP contribution < -0.4 is 5.73 Å². The van der Waals surface area contributed by atoms with Gasteiger partial charge in [-0.1, -0.05) is 30.7 Å². The minimum atomic E-state index is -0.791. The number of nitrogens with zero attached hydrogens (tertiary/aromatic N) is 2. The number of nitrogens with two attached hydrogens (primary N) is 1. The van der Waals surface area contributed by atoms with Crippen molar-refractivity contribution in [3.63, 3.8) is 0 Å². The van der Waals surface area contributed by atoms with Crippen molar-refractivity contribution in [3.05, 3.63) is 46.3 Å². The molecule has 2 N–H and O–H groups in total. The number of piperidine rings is 1. The fourth-order valence-corrected chi connectivity index (χ4v) is 3.99. The summed E-state index contributed by atoms with van der Waals surface area (Å²) in [4.78, 5) is 2.35. The molecule has 1 aromatic carbocycles. The molecule has 0 aliphatic carbocycles. The highest BCUT2D eigenvalue weighted by molar-refractivity contribution is 6.30. The molecular weight excluding hydrogens is 326 g/mol. The largest absolute Gasteiger partial charge is 0.446 e. The van der Waals surface area contributed by atoms with E-state index >= 15 is 0 Å². The van der Waals surface area contributed by atoms with E-state index in [0.29, 0.717) is 17.0 Å². The third kappa shape index (κ3) is 2.75. The molecule has 0 amide bonds. The molecule has 1 aromatic rings. The van der Waals surface area contributed by atoms with Crippen LogP contribution in [0.3, 0.4) is 0 Å². The molecule has 2 aliphatic heterocycles. The van der Waals surface area contributed by atoms with Crippen molar-refractivity contribution in [1.29, 1.82) is 5.26 Å². The summed E-state index contributed by atoms with van der Waals surface area (Å²) >= 11 is 6.03. The van der Waals surface area contributed by atoms with Gasteiger partial charge in [0.2, 0.25) is 11.7 Å². The van der Waals surface area contributed by atoms with Crippen molar-refractivity contribution in [1.82, 2.24) is 4.90 Å². The summed E-state index contributed by atoms with van der Waals surface area (Å²) in [6, 6.07) is 9.83. The Labute approximate surface area is 147 Å². The Morgan fingerprint density at radius 1 is 1.46 bits per heavy atom. The number of allylic oxidation sites excluding steroid dienone is 1. The van der Waals surface area contributed by atoms with Crippen LogP contribution in [0.4, 0.5) is 0 Å². The molecule has 0 saturated carbocycles. The molecule has 1 fully saturated rings. The van der Waals surface area contributed by atoms with E-state index in [0.717, 1.165) is 25.2 Å². The monoisotopic (exact) mass is 347 g/mol. The van der Waals surface area contributed by atoms with Gasteiger partial charge in [0.25, 0.3) is 0 Å². The lowest BCUT2D eigenvalue weighted by atomic mass is 9.72. The Kier molecular flexibility index (Phi) is 4.73. The molecule has 2 heterocycles. The molecule has 0 radical (unpaired) electrons. The van der Waals surface area contributed by atoms with Crippen molar-refractivity contribution in [3.8, 4) is 6.07 Å². The molecule has 6 heteroatoms. The van der Waals surface area contributed by atoms with E-state index in [9.17, 15) is 5.26 Å². The minimum absolute atomic E-state index is 0.0145. The fraction of sp³-hybridized carbons (Fsp3) is 0.500. The van der Waals surface area contributed by atoms with Crippen LogP contribution in [0.25, 0.3) is 0 Å². The zero-order chi connectivity index (χ0) is 17.3. The van der Waals surface area contributed by atoms with E-state index in [1.54, 1.807) is 7.11 Å². The maximum atomic E-state index is 9.67. The van der Waals surface area contributed by atoms with E-state index in [1.165, 1.54) is 0 Å². The van der Waals surface area contributed by atoms with Gasteiger partial charge < -0.3 is 20.1 Å². The minimum Gasteiger partial charge on any atom is -0.446 e. The second-order valence-electron chi connectivity index (χ2n) is 6.29. The Balaban J connectivity index is 2.11. The molecule has 3 rings (SSSR count). The average molecular weight is 348 g/mol. The van der Waals surface area contributed by atoms with Gasteiger partial charge in [-0.3, -0.25) is 0 Å². The molecule has 3 atom stereocenters. The zero-order valence-corrected chi connectivity index (χ0v) is 14.7. The third-order valence-corrected chi connectivity index (χ3v) is 5.45. The van der Waals surface area contributed by atoms with Crippen LogP contribution in [-0.2, 0) is 9.47 Å². The first-order valence-corrected chi connectivity index (χ1v) is 8.54. The second kappa shape index (κ2) is 6.64. The quantitative estimate of drug-likeness (QED) is 0.910. The first-order chi connectivity index (χ1) is 11.5. The van der Waals surface area contributed by atoms with Crippen molar-refractivity contribution in [2.75, 3.05) is 26.7 Å². The van der Waals surface area contributed by atoms with Crippen molar-refractivity contribution >= 4 is 11.6 Å². The maximum Gasteiger partial charge on any atom is 0.218 e. The number of halogens is 1. The van der Waals surface area contributed by atoms with Gasteiger partial charge >= 0.3 is 0 Å². The number of fused-ring (bicyclic) bond motifs is 1. The van der Waals surface area contributed by atoms with E-state index in [4.69, 9.17) is 26.8 Å². The summed E-state index contributed by atoms with van der Waals surface area (Å²) in [6.45, 7) is 4.75. The number of hydrogen-bond acceptors (Lipinski definition) is 5. The molecule has 0 unspecified atom stereocenters. The molecule has 5 nitrogen and oxygen atoms in total. The van der Waals surface area contributed by atoms with Crippen LogP contribution in [0.5, 0.6) is 0 Å². The maximum absolute atomic E-state index is 9.67. The molecular formula is C18H22ClN3O2. The van der Waals surface area contributed by atoms with Gasteiger partial charge in [-0.05, 0) is 24.2 Å². The first-order valence-electron chi connectivity index (χ1n) is 8.16. The number of likely N-dealkylation sites (tertiary alicyclic amines) is 1. The van der Waals surface area contributed by atoms with E-state index in [1.807, 2.05) is 24.3 Å². The number of rotatable bonds is 3. The summed E-state index contributed by atoms with van der Waals surface area (Å²) < 4.78 is 11.8. The highest BCUT2D eigenvalue weighted by Crippen LogP contribution is 2.49. The molecule has 128 valence electrons. The number of methoxy groups -OCH3 is 1. The number of ether oxygens (including phenoxy) is 2. The van der Waals surface area contributed by atoms with Crippen LogP contribution in [0.2, 0.25) is 5.02 Å². The number of nitriles is 1. The average Bonchev–Trinajstić information content (AvgIpc) is 2.61. The molecule has 24 heavy (non-hydrogen) atoms. The second-order valence-corrected chi connectivity index (χ2v) is 6.72. The van der Waals surface area contributed by atoms with Gasteiger partial charge in [0.1, 0.15) is 6.07 Å². The lowest BCUT2D eigenvalue weighted by Crippen LogP contribution is -2.58. The van der Waals surface area contributed by atoms with Crippen LogP contribution in [-0.4, -0.2) is 37.4 Å². The number of hydrogen-bond donors (Lipinski definition) is 1. The molecule has 0 aromatic heterocycles. The van der Waals surface area contributed by atoms with E-state index < -0.39 is 5.79 Å². The molecule has 2 aliphatic rings. The standard InChI is InChI=1S/C18H22ClN3O2/c1-3-22-9-8-18(23-2)15(11-22)16(14(10-20)17(21)24-18)12-4-6-13(19)7-5-12/h4-7,15-16H,3,8-9,11,21H2,1-2H3/t15-,16+,18+/m0/s1. The van der Waals surface area contributed by atoms with Crippen molar-refractivity contribution < 1.29 is 9.47 Å². The van der Waals surface area contributed by atoms with E-state index in [2.05, 4.69) is 17.9 Å². The smallest absolute Gasteiger partial charge is 0.218 e. The summed E-state index contributed by atoms with van der Waals surface area (Å²) in [6.07, 6.45) is 0.714. The Morgan fingerprint density at radius 3 is 2.75 bits per heavy atom. The SMILES string of the molecule is CCN1CC[C@@]2(OC)OC(N)=C(C#N)[C@@H](c3ccc(Cl)cc3)[C@@H]2C1. The van der Waals surface area contributed by atoms with Crippen LogP contribution in [0.15, 0.2) is 35.7 Å². The predicted octanol–water partition coefficient (Wildman–Crippen LogP) is 2.83. The first kappa shape index (κ1) is 17.1. The molecule has 0 bridgehead atoms. The fourth-order valence-electron chi connectivity index (χ4n) is 3.87. The summed E-state index contributed by atoms with van der Waals surface area (Å²) in [7, 11) is 1.65. The van der Waals surface area contributed by atoms with Crippen molar-refractivity contribution in [2.24, 2.45) is 11.7 Å². The predicted molar refractivity (Wildman–Crippen MR) is 92.1 cm³/mol. The van der Waals surface area contributed by atoms with Crippen LogP contribution in [0.1, 0.15) is 24.8 Å². The Bertz CT molecular complexity index is 682. The van der Waals surface area contributed by atoms with Gasteiger partial charge in [-0.25, -0.2) is 0 Å². The topological polar surface area (TPSA) is 71.5 Å². The Hall–Kier alpha value is -1.74. The van der Waals surface area contributed by atoms with Gasteiger partial charge in [0.15, 0.2) is 0 Å². The molecule has 0 spiro atoms. The van der Waals surface area contributed by atoms with Gasteiger partial charge in [-0.2, -0.15) is 5.26 Å². The van der Waals surface area contributed by atoms with Gasteiger partial charge in [-0.15, -0.1) is 0 Å². The van der Waals surface area contributed by atoms with Crippen LogP contribution in [0, 0.1) is 17.2 Å². The highest BCUT2D eigenvalue weighted by Gasteiger charge is 2.54. The van der Waals surface area contributed by atoms with E-state index in [-0.39, 0.29) is 17.7 Å². The van der Waals surface area contributed by atoms with Gasteiger partial charge in [0, 0.05) is 43.5 Å². The highest BCUT2D eigenvalue weighted by atomic mass is 35.5. The number of benzene rings is 1. The zero-order valence-electron chi connectivity index (χ0n) is 14.0. The summed E-state index contributed by atoms with van der Waals surface area (Å²) in [5.74, 6) is -0.810. The summed E-state index contributed by atoms with van der Waals surface area (Å²) in [5.41, 5.74) is 7.57. The summed E-state index contributed by atoms with van der Waals surface area (Å²) in [5, 5.41) is 10.3. The van der Waals surface area contributed by atoms with Crippen LogP contribution >= 0.6 is 11.6 Å². The normalized spacial score (nSPS) is 30.4.